The number of carboxylic acid groups (broad SMARTS) is 1. The zero-order valence-electron chi connectivity index (χ0n) is 23.3. The molecule has 3 aromatic carbocycles. The van der Waals surface area contributed by atoms with Crippen molar-refractivity contribution in [3.63, 3.8) is 0 Å². The molecule has 1 unspecified atom stereocenters. The Balaban J connectivity index is 0.000000901. The Hall–Kier alpha value is -4.67. The molecule has 0 aliphatic carbocycles. The number of rotatable bonds is 10. The minimum Gasteiger partial charge on any atom is -0.475 e. The van der Waals surface area contributed by atoms with Crippen LogP contribution >= 0.6 is 0 Å². The lowest BCUT2D eigenvalue weighted by Gasteiger charge is -2.11. The Bertz CT molecular complexity index is 1410. The summed E-state index contributed by atoms with van der Waals surface area (Å²) >= 11 is 0. The van der Waals surface area contributed by atoms with Crippen LogP contribution in [0.5, 0.6) is 0 Å². The molecule has 2 amide bonds. The fraction of sp³-hybridized carbons (Fsp3) is 0.222. The summed E-state index contributed by atoms with van der Waals surface area (Å²) in [5.41, 5.74) is 1.75. The number of hydrogen-bond donors (Lipinski definition) is 6. The summed E-state index contributed by atoms with van der Waals surface area (Å²) in [6, 6.07) is 19.6. The van der Waals surface area contributed by atoms with Crippen LogP contribution < -0.4 is 20.5 Å². The molecule has 0 saturated carbocycles. The molecule has 12 nitrogen and oxygen atoms in total. The number of halogens is 3. The highest BCUT2D eigenvalue weighted by molar-refractivity contribution is 7.83. The van der Waals surface area contributed by atoms with E-state index in [0.717, 1.165) is 13.7 Å². The van der Waals surface area contributed by atoms with E-state index < -0.39 is 34.9 Å². The number of likely N-dealkylation sites (N-methyl/N-ethyl adjacent to an activating group) is 1. The summed E-state index contributed by atoms with van der Waals surface area (Å²) in [6.45, 7) is 1.42. The van der Waals surface area contributed by atoms with E-state index in [2.05, 4.69) is 15.4 Å². The highest BCUT2D eigenvalue weighted by Gasteiger charge is 2.38. The van der Waals surface area contributed by atoms with Gasteiger partial charge in [-0.05, 0) is 56.6 Å². The van der Waals surface area contributed by atoms with Crippen LogP contribution in [0.4, 0.5) is 30.2 Å². The number of aliphatic hydroxyl groups excluding tert-OH is 1. The van der Waals surface area contributed by atoms with Crippen molar-refractivity contribution in [1.29, 1.82) is 0 Å². The van der Waals surface area contributed by atoms with E-state index in [1.807, 2.05) is 24.2 Å². The summed E-state index contributed by atoms with van der Waals surface area (Å²) in [5, 5.41) is 21.9. The molecule has 6 N–H and O–H groups in total. The molecule has 1 atom stereocenters. The van der Waals surface area contributed by atoms with Crippen molar-refractivity contribution in [3.05, 3.63) is 88.8 Å². The van der Waals surface area contributed by atoms with E-state index in [4.69, 9.17) is 15.0 Å². The van der Waals surface area contributed by atoms with Crippen LogP contribution in [0.3, 0.4) is 0 Å². The van der Waals surface area contributed by atoms with Gasteiger partial charge in [0.2, 0.25) is 0 Å². The highest BCUT2D eigenvalue weighted by Crippen LogP contribution is 2.20. The van der Waals surface area contributed by atoms with Crippen LogP contribution in [0.2, 0.25) is 0 Å². The summed E-state index contributed by atoms with van der Waals surface area (Å²) in [4.78, 5) is 48.0. The zero-order chi connectivity index (χ0) is 32.6. The number of aliphatic carboxylic acids is 1. The van der Waals surface area contributed by atoms with Crippen molar-refractivity contribution < 1.29 is 47.2 Å². The van der Waals surface area contributed by atoms with Crippen LogP contribution in [0.15, 0.2) is 77.7 Å². The number of nitrogens with zero attached hydrogens (tertiary/aromatic N) is 1. The monoisotopic (exact) mass is 626 g/mol. The predicted molar refractivity (Wildman–Crippen MR) is 154 cm³/mol. The maximum atomic E-state index is 12.7. The van der Waals surface area contributed by atoms with Crippen molar-refractivity contribution in [2.75, 3.05) is 44.9 Å². The minimum absolute atomic E-state index is 0.240. The number of hydrogen-bond acceptors (Lipinski definition) is 8. The van der Waals surface area contributed by atoms with E-state index in [1.165, 1.54) is 12.1 Å². The van der Waals surface area contributed by atoms with Crippen LogP contribution in [0.25, 0.3) is 0 Å². The SMILES string of the molecule is CN(C)CCNc1ccc(C(=O)Nc2cccc(C(=O)NS(=O)c3ccccc3)c2)cc1[NH+]=O.CO.O=C(O)C(F)(F)F. The number of carboxylic acids is 1. The van der Waals surface area contributed by atoms with Gasteiger partial charge in [0.15, 0.2) is 11.0 Å². The topological polar surface area (TPSA) is 179 Å². The first kappa shape index (κ1) is 36.4. The quantitative estimate of drug-likeness (QED) is 0.197. The van der Waals surface area contributed by atoms with Crippen molar-refractivity contribution in [2.24, 2.45) is 0 Å². The molecule has 43 heavy (non-hydrogen) atoms. The zero-order valence-corrected chi connectivity index (χ0v) is 24.1. The van der Waals surface area contributed by atoms with E-state index in [-0.39, 0.29) is 16.8 Å². The molecule has 0 aliphatic heterocycles. The molecule has 0 aromatic heterocycles. The Morgan fingerprint density at radius 2 is 1.51 bits per heavy atom. The molecule has 0 radical (unpaired) electrons. The van der Waals surface area contributed by atoms with Gasteiger partial charge in [0.1, 0.15) is 5.69 Å². The van der Waals surface area contributed by atoms with Gasteiger partial charge in [-0.25, -0.2) is 9.00 Å². The fourth-order valence-corrected chi connectivity index (χ4v) is 3.83. The number of nitroso groups, excluding NO2 is 1. The Kier molecular flexibility index (Phi) is 15.2. The molecule has 232 valence electrons. The predicted octanol–water partition coefficient (Wildman–Crippen LogP) is 2.09. The van der Waals surface area contributed by atoms with Crippen molar-refractivity contribution in [3.8, 4) is 0 Å². The lowest BCUT2D eigenvalue weighted by Crippen LogP contribution is -2.56. The summed E-state index contributed by atoms with van der Waals surface area (Å²) in [6.07, 6.45) is -5.08. The van der Waals surface area contributed by atoms with Gasteiger partial charge in [-0.15, -0.1) is 0 Å². The van der Waals surface area contributed by atoms with E-state index >= 15 is 0 Å². The first-order chi connectivity index (χ1) is 20.3. The minimum atomic E-state index is -5.08. The molecular weight excluding hydrogens is 595 g/mol. The number of alkyl halides is 3. The number of amides is 2. The molecule has 0 fully saturated rings. The molecule has 0 heterocycles. The van der Waals surface area contributed by atoms with Gasteiger partial charge in [-0.3, -0.25) is 14.3 Å². The van der Waals surface area contributed by atoms with E-state index in [1.54, 1.807) is 60.7 Å². The smallest absolute Gasteiger partial charge is 0.475 e. The first-order valence-corrected chi connectivity index (χ1v) is 13.3. The number of benzene rings is 3. The van der Waals surface area contributed by atoms with E-state index in [9.17, 15) is 31.9 Å². The maximum Gasteiger partial charge on any atom is 0.490 e. The number of carbonyl (C=O) groups is 3. The number of carbonyl (C=O) groups excluding carboxylic acids is 2. The van der Waals surface area contributed by atoms with E-state index in [0.29, 0.717) is 22.8 Å². The third kappa shape index (κ3) is 12.8. The first-order valence-electron chi connectivity index (χ1n) is 12.2. The molecule has 0 bridgehead atoms. The normalized spacial score (nSPS) is 11.1. The van der Waals surface area contributed by atoms with Gasteiger partial charge in [0, 0.05) is 53.2 Å². The van der Waals surface area contributed by atoms with Crippen molar-refractivity contribution in [1.82, 2.24) is 9.62 Å². The lowest BCUT2D eigenvalue weighted by atomic mass is 10.1. The third-order valence-electron chi connectivity index (χ3n) is 5.03. The third-order valence-corrected chi connectivity index (χ3v) is 6.11. The fourth-order valence-electron chi connectivity index (χ4n) is 3.03. The molecule has 0 spiro atoms. The summed E-state index contributed by atoms with van der Waals surface area (Å²) < 4.78 is 46.5. The maximum absolute atomic E-state index is 12.7. The van der Waals surface area contributed by atoms with Crippen molar-refractivity contribution >= 4 is 45.8 Å². The molecule has 3 aromatic rings. The second-order valence-corrected chi connectivity index (χ2v) is 9.66. The Morgan fingerprint density at radius 1 is 0.907 bits per heavy atom. The molecule has 16 heteroatoms. The van der Waals surface area contributed by atoms with Crippen LogP contribution in [0, 0.1) is 4.91 Å². The molecule has 3 rings (SSSR count). The molecule has 0 aliphatic rings. The van der Waals surface area contributed by atoms with Crippen molar-refractivity contribution in [2.45, 2.75) is 11.1 Å². The summed E-state index contributed by atoms with van der Waals surface area (Å²) in [5.74, 6) is -3.74. The van der Waals surface area contributed by atoms with Gasteiger partial charge in [-0.1, -0.05) is 24.3 Å². The average Bonchev–Trinajstić information content (AvgIpc) is 2.98. The summed E-state index contributed by atoms with van der Waals surface area (Å²) in [7, 11) is 3.19. The van der Waals surface area contributed by atoms with Gasteiger partial charge in [0.25, 0.3) is 17.5 Å². The Morgan fingerprint density at radius 3 is 2.07 bits per heavy atom. The van der Waals surface area contributed by atoms with Crippen LogP contribution in [0.1, 0.15) is 20.7 Å². The van der Waals surface area contributed by atoms with Crippen LogP contribution in [-0.4, -0.2) is 77.6 Å². The van der Waals surface area contributed by atoms with Crippen LogP contribution in [-0.2, 0) is 15.8 Å². The molecular formula is C27H31F3N5O7S+. The Labute approximate surface area is 247 Å². The van der Waals surface area contributed by atoms with Gasteiger partial charge in [-0.2, -0.15) is 13.2 Å². The number of aliphatic hydroxyl groups is 1. The highest BCUT2D eigenvalue weighted by atomic mass is 32.2. The second kappa shape index (κ2) is 18.0. The van der Waals surface area contributed by atoms with Gasteiger partial charge in [0.05, 0.1) is 4.90 Å². The average molecular weight is 627 g/mol. The number of anilines is 2. The number of nitrogens with one attached hydrogen (secondary N) is 4. The van der Waals surface area contributed by atoms with Gasteiger partial charge >= 0.3 is 12.1 Å². The molecule has 0 saturated heterocycles. The van der Waals surface area contributed by atoms with Gasteiger partial charge < -0.3 is 25.7 Å². The standard InChI is InChI=1S/C24H25N5O4S.C2HF3O2.CH4O/c1-29(2)14-13-25-21-12-11-18(16-22(21)27-32)23(30)26-19-8-6-7-17(15-19)24(31)28-34(33)20-9-4-3-5-10-20;3-2(4,5)1(6)7;1-2/h3-12,15-16,25H,13-14H2,1-2H3,(H,26,30)(H,28,31);(H,6,7);2H,1H3/p+1. The second-order valence-electron chi connectivity index (χ2n) is 8.44. The largest absolute Gasteiger partial charge is 0.490 e. The lowest BCUT2D eigenvalue weighted by molar-refractivity contribution is -0.378.